The number of H-pyrrole nitrogens is 1. The molecule has 0 radical (unpaired) electrons. The molecule has 76 valence electrons. The van der Waals surface area contributed by atoms with E-state index >= 15 is 0 Å². The highest BCUT2D eigenvalue weighted by molar-refractivity contribution is 9.10. The van der Waals surface area contributed by atoms with Crippen LogP contribution in [0.25, 0.3) is 0 Å². The van der Waals surface area contributed by atoms with Gasteiger partial charge in [0.15, 0.2) is 5.75 Å². The van der Waals surface area contributed by atoms with Crippen molar-refractivity contribution in [1.82, 2.24) is 4.98 Å². The fourth-order valence-corrected chi connectivity index (χ4v) is 1.61. The average molecular weight is 282 g/mol. The van der Waals surface area contributed by atoms with E-state index < -0.39 is 0 Å². The van der Waals surface area contributed by atoms with Gasteiger partial charge in [0.25, 0.3) is 0 Å². The van der Waals surface area contributed by atoms with Gasteiger partial charge in [0.05, 0.1) is 0 Å². The van der Waals surface area contributed by atoms with Crippen molar-refractivity contribution < 1.29 is 4.74 Å². The van der Waals surface area contributed by atoms with E-state index in [4.69, 9.17) is 17.0 Å². The molecule has 1 N–H and O–H groups in total. The summed E-state index contributed by atoms with van der Waals surface area (Å²) in [5.74, 6) is 1.42. The zero-order chi connectivity index (χ0) is 10.7. The van der Waals surface area contributed by atoms with Gasteiger partial charge < -0.3 is 9.72 Å². The van der Waals surface area contributed by atoms with Gasteiger partial charge in [-0.2, -0.15) is 0 Å². The summed E-state index contributed by atoms with van der Waals surface area (Å²) in [6.45, 7) is 0. The second-order valence-corrected chi connectivity index (χ2v) is 4.25. The van der Waals surface area contributed by atoms with Crippen molar-refractivity contribution in [1.29, 1.82) is 0 Å². The van der Waals surface area contributed by atoms with Crippen LogP contribution in [0.2, 0.25) is 0 Å². The molecular weight excluding hydrogens is 274 g/mol. The lowest BCUT2D eigenvalue weighted by Crippen LogP contribution is -1.86. The summed E-state index contributed by atoms with van der Waals surface area (Å²) in [6, 6.07) is 11.4. The van der Waals surface area contributed by atoms with E-state index in [-0.39, 0.29) is 0 Å². The standard InChI is InChI=1S/C11H8BrNOS/c12-8-6-10(11(15)13-7-8)14-9-4-2-1-3-5-9/h1-7H,(H,13,15). The van der Waals surface area contributed by atoms with Gasteiger partial charge in [0.1, 0.15) is 10.4 Å². The summed E-state index contributed by atoms with van der Waals surface area (Å²) < 4.78 is 7.11. The fourth-order valence-electron chi connectivity index (χ4n) is 1.13. The van der Waals surface area contributed by atoms with Gasteiger partial charge in [0.2, 0.25) is 0 Å². The maximum absolute atomic E-state index is 5.62. The van der Waals surface area contributed by atoms with Gasteiger partial charge >= 0.3 is 0 Å². The summed E-state index contributed by atoms with van der Waals surface area (Å²) in [5, 5.41) is 0. The molecule has 0 saturated carbocycles. The lowest BCUT2D eigenvalue weighted by Gasteiger charge is -2.05. The SMILES string of the molecule is S=c1[nH]cc(Br)cc1Oc1ccccc1. The molecule has 0 amide bonds. The van der Waals surface area contributed by atoms with E-state index in [0.29, 0.717) is 10.4 Å². The van der Waals surface area contributed by atoms with Crippen molar-refractivity contribution in [3.63, 3.8) is 0 Å². The van der Waals surface area contributed by atoms with Crippen LogP contribution in [0.4, 0.5) is 0 Å². The Labute approximate surface area is 101 Å². The highest BCUT2D eigenvalue weighted by atomic mass is 79.9. The number of hydrogen-bond acceptors (Lipinski definition) is 2. The number of benzene rings is 1. The molecule has 0 fully saturated rings. The summed E-state index contributed by atoms with van der Waals surface area (Å²) in [5.41, 5.74) is 0. The van der Waals surface area contributed by atoms with Gasteiger partial charge in [-0.1, -0.05) is 30.4 Å². The molecule has 4 heteroatoms. The van der Waals surface area contributed by atoms with Crippen LogP contribution in [-0.4, -0.2) is 4.98 Å². The number of para-hydroxylation sites is 1. The van der Waals surface area contributed by atoms with Crippen LogP contribution in [0.5, 0.6) is 11.5 Å². The number of halogens is 1. The van der Waals surface area contributed by atoms with Crippen molar-refractivity contribution in [2.75, 3.05) is 0 Å². The molecule has 0 atom stereocenters. The van der Waals surface area contributed by atoms with Crippen LogP contribution in [0.3, 0.4) is 0 Å². The smallest absolute Gasteiger partial charge is 0.163 e. The predicted molar refractivity (Wildman–Crippen MR) is 65.8 cm³/mol. The fraction of sp³-hybridized carbons (Fsp3) is 0. The van der Waals surface area contributed by atoms with E-state index in [0.717, 1.165) is 10.2 Å². The van der Waals surface area contributed by atoms with Crippen LogP contribution in [0, 0.1) is 4.64 Å². The maximum Gasteiger partial charge on any atom is 0.163 e. The predicted octanol–water partition coefficient (Wildman–Crippen LogP) is 4.30. The van der Waals surface area contributed by atoms with Crippen LogP contribution in [0.15, 0.2) is 47.1 Å². The quantitative estimate of drug-likeness (QED) is 0.831. The Balaban J connectivity index is 2.32. The molecule has 1 aromatic heterocycles. The molecule has 0 aliphatic heterocycles. The molecular formula is C11H8BrNOS. The highest BCUT2D eigenvalue weighted by Crippen LogP contribution is 2.24. The topological polar surface area (TPSA) is 25.0 Å². The number of rotatable bonds is 2. The Kier molecular flexibility index (Phi) is 3.18. The van der Waals surface area contributed by atoms with Crippen LogP contribution in [0.1, 0.15) is 0 Å². The van der Waals surface area contributed by atoms with Crippen molar-refractivity contribution in [2.45, 2.75) is 0 Å². The van der Waals surface area contributed by atoms with Gasteiger partial charge in [-0.15, -0.1) is 0 Å². The van der Waals surface area contributed by atoms with Crippen LogP contribution in [-0.2, 0) is 0 Å². The highest BCUT2D eigenvalue weighted by Gasteiger charge is 1.99. The third-order valence-electron chi connectivity index (χ3n) is 1.80. The maximum atomic E-state index is 5.62. The molecule has 0 spiro atoms. The Hall–Kier alpha value is -1.13. The van der Waals surface area contributed by atoms with Gasteiger partial charge in [0, 0.05) is 10.7 Å². The largest absolute Gasteiger partial charge is 0.454 e. The van der Waals surface area contributed by atoms with E-state index in [9.17, 15) is 0 Å². The second kappa shape index (κ2) is 4.59. The molecule has 1 aromatic carbocycles. The average Bonchev–Trinajstić information content (AvgIpc) is 2.25. The van der Waals surface area contributed by atoms with Gasteiger partial charge in [-0.25, -0.2) is 0 Å². The van der Waals surface area contributed by atoms with Crippen molar-refractivity contribution in [3.8, 4) is 11.5 Å². The van der Waals surface area contributed by atoms with Crippen molar-refractivity contribution in [3.05, 3.63) is 51.7 Å². The Bertz CT molecular complexity index is 509. The monoisotopic (exact) mass is 281 g/mol. The minimum absolute atomic E-state index is 0.585. The van der Waals surface area contributed by atoms with Gasteiger partial charge in [-0.05, 0) is 34.1 Å². The second-order valence-electron chi connectivity index (χ2n) is 2.93. The van der Waals surface area contributed by atoms with Crippen LogP contribution < -0.4 is 4.74 Å². The Morgan fingerprint density at radius 1 is 1.20 bits per heavy atom. The number of hydrogen-bond donors (Lipinski definition) is 1. The summed E-state index contributed by atoms with van der Waals surface area (Å²) >= 11 is 8.46. The third-order valence-corrected chi connectivity index (χ3v) is 2.58. The number of pyridine rings is 1. The lowest BCUT2D eigenvalue weighted by molar-refractivity contribution is 0.478. The van der Waals surface area contributed by atoms with E-state index in [1.54, 1.807) is 6.20 Å². The molecule has 0 bridgehead atoms. The van der Waals surface area contributed by atoms with Crippen LogP contribution >= 0.6 is 28.1 Å². The first-order chi connectivity index (χ1) is 7.25. The molecule has 0 aliphatic carbocycles. The zero-order valence-corrected chi connectivity index (χ0v) is 10.1. The molecule has 0 aliphatic rings. The van der Waals surface area contributed by atoms with Crippen molar-refractivity contribution >= 4 is 28.1 Å². The summed E-state index contributed by atoms with van der Waals surface area (Å²) in [4.78, 5) is 2.93. The molecule has 0 saturated heterocycles. The van der Waals surface area contributed by atoms with Gasteiger partial charge in [-0.3, -0.25) is 0 Å². The molecule has 2 rings (SSSR count). The summed E-state index contributed by atoms with van der Waals surface area (Å²) in [7, 11) is 0. The van der Waals surface area contributed by atoms with Crippen molar-refractivity contribution in [2.24, 2.45) is 0 Å². The minimum Gasteiger partial charge on any atom is -0.454 e. The number of aromatic nitrogens is 1. The zero-order valence-electron chi connectivity index (χ0n) is 7.74. The van der Waals surface area contributed by atoms with E-state index in [1.165, 1.54) is 0 Å². The first-order valence-electron chi connectivity index (χ1n) is 4.37. The Morgan fingerprint density at radius 3 is 2.67 bits per heavy atom. The summed E-state index contributed by atoms with van der Waals surface area (Å²) in [6.07, 6.45) is 1.78. The third kappa shape index (κ3) is 2.67. The molecule has 2 nitrogen and oxygen atoms in total. The Morgan fingerprint density at radius 2 is 1.93 bits per heavy atom. The molecule has 1 heterocycles. The molecule has 15 heavy (non-hydrogen) atoms. The number of ether oxygens (including phenoxy) is 1. The normalized spacial score (nSPS) is 9.93. The number of nitrogens with one attached hydrogen (secondary N) is 1. The number of aromatic amines is 1. The van der Waals surface area contributed by atoms with E-state index in [1.807, 2.05) is 36.4 Å². The first kappa shape index (κ1) is 10.4. The lowest BCUT2D eigenvalue weighted by atomic mass is 10.3. The molecule has 2 aromatic rings. The minimum atomic E-state index is 0.585. The first-order valence-corrected chi connectivity index (χ1v) is 5.57. The molecule has 0 unspecified atom stereocenters. The van der Waals surface area contributed by atoms with E-state index in [2.05, 4.69) is 20.9 Å².